The topological polar surface area (TPSA) is 109 Å². The molecule has 1 amide bonds. The van der Waals surface area contributed by atoms with Gasteiger partial charge in [0.05, 0.1) is 11.4 Å². The number of hydrogen-bond acceptors (Lipinski definition) is 7. The number of benzene rings is 2. The molecule has 9 nitrogen and oxygen atoms in total. The van der Waals surface area contributed by atoms with Gasteiger partial charge in [0.2, 0.25) is 27.6 Å². The maximum atomic E-state index is 12.8. The Balaban J connectivity index is 1.11. The molecule has 2 aliphatic heterocycles. The number of nitrogens with zero attached hydrogens (tertiary/aromatic N) is 4. The van der Waals surface area contributed by atoms with Crippen LogP contribution in [0.25, 0.3) is 11.4 Å². The minimum atomic E-state index is -3.48. The summed E-state index contributed by atoms with van der Waals surface area (Å²) in [7, 11) is -3.48. The Hall–Kier alpha value is -3.08. The SMILES string of the molecule is O=C(Nc1ccc(S(=O)(=O)N2CCCCC2)cc1)C1CCN(Cc2nc(-c3ccccc3)no2)CC1. The van der Waals surface area contributed by atoms with Gasteiger partial charge in [0.1, 0.15) is 0 Å². The van der Waals surface area contributed by atoms with Crippen LogP contribution in [0, 0.1) is 5.92 Å². The van der Waals surface area contributed by atoms with Crippen LogP contribution in [0.15, 0.2) is 64.0 Å². The third-order valence-electron chi connectivity index (χ3n) is 6.89. The third kappa shape index (κ3) is 5.66. The van der Waals surface area contributed by atoms with Crippen LogP contribution < -0.4 is 5.32 Å². The van der Waals surface area contributed by atoms with Crippen molar-refractivity contribution in [3.05, 3.63) is 60.5 Å². The fraction of sp³-hybridized carbons (Fsp3) is 0.423. The van der Waals surface area contributed by atoms with E-state index in [9.17, 15) is 13.2 Å². The number of amides is 1. The van der Waals surface area contributed by atoms with Crippen LogP contribution in [0.5, 0.6) is 0 Å². The van der Waals surface area contributed by atoms with Gasteiger partial charge in [-0.3, -0.25) is 9.69 Å². The first-order valence-electron chi connectivity index (χ1n) is 12.5. The Kier molecular flexibility index (Phi) is 7.45. The Labute approximate surface area is 211 Å². The molecule has 36 heavy (non-hydrogen) atoms. The quantitative estimate of drug-likeness (QED) is 0.517. The number of sulfonamides is 1. The zero-order valence-corrected chi connectivity index (χ0v) is 21.0. The van der Waals surface area contributed by atoms with E-state index in [-0.39, 0.29) is 16.7 Å². The Morgan fingerprint density at radius 1 is 0.944 bits per heavy atom. The highest BCUT2D eigenvalue weighted by Crippen LogP contribution is 2.24. The van der Waals surface area contributed by atoms with Crippen molar-refractivity contribution in [3.8, 4) is 11.4 Å². The van der Waals surface area contributed by atoms with Crippen LogP contribution in [-0.4, -0.2) is 59.8 Å². The highest BCUT2D eigenvalue weighted by atomic mass is 32.2. The molecule has 3 heterocycles. The molecule has 10 heteroatoms. The van der Waals surface area contributed by atoms with E-state index in [0.717, 1.165) is 50.8 Å². The predicted octanol–water partition coefficient (Wildman–Crippen LogP) is 3.76. The molecule has 2 saturated heterocycles. The minimum Gasteiger partial charge on any atom is -0.338 e. The molecule has 0 bridgehead atoms. The van der Waals surface area contributed by atoms with E-state index in [2.05, 4.69) is 20.4 Å². The molecule has 5 rings (SSSR count). The number of likely N-dealkylation sites (tertiary alicyclic amines) is 1. The number of aromatic nitrogens is 2. The van der Waals surface area contributed by atoms with Crippen molar-refractivity contribution >= 4 is 21.6 Å². The molecule has 0 saturated carbocycles. The van der Waals surface area contributed by atoms with Gasteiger partial charge in [-0.1, -0.05) is 41.9 Å². The zero-order chi connectivity index (χ0) is 25.0. The highest BCUT2D eigenvalue weighted by molar-refractivity contribution is 7.89. The molecule has 0 aliphatic carbocycles. The Morgan fingerprint density at radius 2 is 1.64 bits per heavy atom. The molecule has 1 aromatic heterocycles. The van der Waals surface area contributed by atoms with Crippen LogP contribution in [0.3, 0.4) is 0 Å². The number of anilines is 1. The summed E-state index contributed by atoms with van der Waals surface area (Å²) in [6.45, 7) is 3.21. The summed E-state index contributed by atoms with van der Waals surface area (Å²) in [5.74, 6) is 1.01. The van der Waals surface area contributed by atoms with E-state index >= 15 is 0 Å². The summed E-state index contributed by atoms with van der Waals surface area (Å²) >= 11 is 0. The van der Waals surface area contributed by atoms with Crippen molar-refractivity contribution in [2.75, 3.05) is 31.5 Å². The molecule has 2 fully saturated rings. The maximum Gasteiger partial charge on any atom is 0.243 e. The van der Waals surface area contributed by atoms with Gasteiger partial charge in [0.25, 0.3) is 0 Å². The van der Waals surface area contributed by atoms with Crippen molar-refractivity contribution in [1.82, 2.24) is 19.3 Å². The average Bonchev–Trinajstić information content (AvgIpc) is 3.39. The van der Waals surface area contributed by atoms with Gasteiger partial charge in [-0.15, -0.1) is 0 Å². The Bertz CT molecular complexity index is 1260. The lowest BCUT2D eigenvalue weighted by Gasteiger charge is -2.30. The molecule has 2 aromatic carbocycles. The van der Waals surface area contributed by atoms with Crippen LogP contribution in [0.1, 0.15) is 38.0 Å². The fourth-order valence-corrected chi connectivity index (χ4v) is 6.29. The molecule has 0 unspecified atom stereocenters. The monoisotopic (exact) mass is 509 g/mol. The molecular formula is C26H31N5O4S. The summed E-state index contributed by atoms with van der Waals surface area (Å²) in [5.41, 5.74) is 1.53. The van der Waals surface area contributed by atoms with E-state index in [1.54, 1.807) is 28.6 Å². The number of hydrogen-bond donors (Lipinski definition) is 1. The maximum absolute atomic E-state index is 12.8. The second-order valence-electron chi connectivity index (χ2n) is 9.41. The smallest absolute Gasteiger partial charge is 0.243 e. The first kappa shape index (κ1) is 24.6. The van der Waals surface area contributed by atoms with Crippen molar-refractivity contribution in [2.45, 2.75) is 43.5 Å². The van der Waals surface area contributed by atoms with Gasteiger partial charge in [-0.2, -0.15) is 9.29 Å². The summed E-state index contributed by atoms with van der Waals surface area (Å²) in [4.78, 5) is 19.8. The summed E-state index contributed by atoms with van der Waals surface area (Å²) in [6.07, 6.45) is 4.33. The van der Waals surface area contributed by atoms with Gasteiger partial charge in [0, 0.05) is 30.3 Å². The lowest BCUT2D eigenvalue weighted by Crippen LogP contribution is -2.37. The second-order valence-corrected chi connectivity index (χ2v) is 11.3. The van der Waals surface area contributed by atoms with Crippen LogP contribution in [0.4, 0.5) is 5.69 Å². The van der Waals surface area contributed by atoms with Crippen LogP contribution in [0.2, 0.25) is 0 Å². The average molecular weight is 510 g/mol. The van der Waals surface area contributed by atoms with Crippen molar-refractivity contribution < 1.29 is 17.7 Å². The highest BCUT2D eigenvalue weighted by Gasteiger charge is 2.28. The fourth-order valence-electron chi connectivity index (χ4n) is 4.78. The minimum absolute atomic E-state index is 0.0366. The van der Waals surface area contributed by atoms with Crippen molar-refractivity contribution in [2.24, 2.45) is 5.92 Å². The Morgan fingerprint density at radius 3 is 2.33 bits per heavy atom. The third-order valence-corrected chi connectivity index (χ3v) is 8.80. The standard InChI is InChI=1S/C26H31N5O4S/c32-26(27-22-9-11-23(12-10-22)36(33,34)31-15-5-2-6-16-31)21-13-17-30(18-14-21)19-24-28-25(29-35-24)20-7-3-1-4-8-20/h1,3-4,7-12,21H,2,5-6,13-19H2,(H,27,32). The lowest BCUT2D eigenvalue weighted by molar-refractivity contribution is -0.121. The van der Waals surface area contributed by atoms with Crippen LogP contribution in [-0.2, 0) is 21.4 Å². The van der Waals surface area contributed by atoms with E-state index in [1.807, 2.05) is 30.3 Å². The van der Waals surface area contributed by atoms with Crippen molar-refractivity contribution in [3.63, 3.8) is 0 Å². The molecular weight excluding hydrogens is 478 g/mol. The van der Waals surface area contributed by atoms with E-state index in [4.69, 9.17) is 4.52 Å². The van der Waals surface area contributed by atoms with Gasteiger partial charge in [-0.05, 0) is 63.0 Å². The molecule has 0 radical (unpaired) electrons. The van der Waals surface area contributed by atoms with Gasteiger partial charge >= 0.3 is 0 Å². The van der Waals surface area contributed by atoms with Gasteiger partial charge in [0.15, 0.2) is 0 Å². The number of nitrogens with one attached hydrogen (secondary N) is 1. The normalized spacial score (nSPS) is 18.2. The van der Waals surface area contributed by atoms with E-state index in [1.165, 1.54) is 0 Å². The van der Waals surface area contributed by atoms with Crippen molar-refractivity contribution in [1.29, 1.82) is 0 Å². The van der Waals surface area contributed by atoms with E-state index in [0.29, 0.717) is 37.0 Å². The molecule has 3 aromatic rings. The van der Waals surface area contributed by atoms with Crippen LogP contribution >= 0.6 is 0 Å². The lowest BCUT2D eigenvalue weighted by atomic mass is 9.96. The molecule has 0 spiro atoms. The second kappa shape index (κ2) is 10.9. The number of piperidine rings is 2. The number of carbonyl (C=O) groups is 1. The molecule has 2 aliphatic rings. The summed E-state index contributed by atoms with van der Waals surface area (Å²) < 4.78 is 32.6. The summed E-state index contributed by atoms with van der Waals surface area (Å²) in [5, 5.41) is 7.02. The largest absolute Gasteiger partial charge is 0.338 e. The first-order chi connectivity index (χ1) is 17.5. The molecule has 0 atom stereocenters. The number of rotatable bonds is 7. The summed E-state index contributed by atoms with van der Waals surface area (Å²) in [6, 6.07) is 16.2. The molecule has 1 N–H and O–H groups in total. The van der Waals surface area contributed by atoms with E-state index < -0.39 is 10.0 Å². The van der Waals surface area contributed by atoms with Gasteiger partial charge in [-0.25, -0.2) is 8.42 Å². The first-order valence-corrected chi connectivity index (χ1v) is 13.9. The van der Waals surface area contributed by atoms with Gasteiger partial charge < -0.3 is 9.84 Å². The zero-order valence-electron chi connectivity index (χ0n) is 20.2. The predicted molar refractivity (Wildman–Crippen MR) is 135 cm³/mol. The molecule has 190 valence electrons. The number of carbonyl (C=O) groups excluding carboxylic acids is 1.